The van der Waals surface area contributed by atoms with E-state index in [1.165, 1.54) is 18.6 Å². The Hall–Kier alpha value is -1.91. The van der Waals surface area contributed by atoms with E-state index in [-0.39, 0.29) is 0 Å². The van der Waals surface area contributed by atoms with Crippen LogP contribution in [0.15, 0.2) is 30.9 Å². The highest BCUT2D eigenvalue weighted by atomic mass is 19.1. The van der Waals surface area contributed by atoms with Crippen LogP contribution in [0.5, 0.6) is 0 Å². The summed E-state index contributed by atoms with van der Waals surface area (Å²) in [5.74, 6) is -0.123. The number of rotatable bonds is 1. The molecule has 0 aromatic carbocycles. The fourth-order valence-electron chi connectivity index (χ4n) is 1.03. The summed E-state index contributed by atoms with van der Waals surface area (Å²) in [5.41, 5.74) is 6.06. The Morgan fingerprint density at radius 3 is 2.85 bits per heavy atom. The number of anilines is 1. The third-order valence-electron chi connectivity index (χ3n) is 1.61. The van der Waals surface area contributed by atoms with E-state index in [0.29, 0.717) is 11.5 Å². The van der Waals surface area contributed by atoms with Gasteiger partial charge in [-0.15, -0.1) is 0 Å². The van der Waals surface area contributed by atoms with Crippen LogP contribution in [-0.4, -0.2) is 14.5 Å². The van der Waals surface area contributed by atoms with Gasteiger partial charge >= 0.3 is 0 Å². The van der Waals surface area contributed by atoms with E-state index in [1.807, 2.05) is 0 Å². The van der Waals surface area contributed by atoms with E-state index in [1.54, 1.807) is 16.8 Å². The number of hydrogen-bond donors (Lipinski definition) is 1. The highest BCUT2D eigenvalue weighted by Crippen LogP contribution is 2.08. The van der Waals surface area contributed by atoms with Gasteiger partial charge in [0.15, 0.2) is 0 Å². The standard InChI is InChI=1S/C8H7FN4/c9-7-3-6(1-2-11-7)13-4-8(10)12-5-13/h1-5H,10H2. The molecule has 2 N–H and O–H groups in total. The quantitative estimate of drug-likeness (QED) is 0.662. The Morgan fingerprint density at radius 1 is 1.38 bits per heavy atom. The first kappa shape index (κ1) is 7.72. The van der Waals surface area contributed by atoms with Crippen LogP contribution in [0.2, 0.25) is 0 Å². The largest absolute Gasteiger partial charge is 0.382 e. The summed E-state index contributed by atoms with van der Waals surface area (Å²) < 4.78 is 14.3. The minimum Gasteiger partial charge on any atom is -0.382 e. The van der Waals surface area contributed by atoms with Crippen molar-refractivity contribution in [1.29, 1.82) is 0 Å². The van der Waals surface area contributed by atoms with E-state index in [2.05, 4.69) is 9.97 Å². The average Bonchev–Trinajstić information content (AvgIpc) is 2.52. The summed E-state index contributed by atoms with van der Waals surface area (Å²) in [7, 11) is 0. The summed E-state index contributed by atoms with van der Waals surface area (Å²) in [6.45, 7) is 0. The van der Waals surface area contributed by atoms with Gasteiger partial charge in [-0.3, -0.25) is 0 Å². The lowest BCUT2D eigenvalue weighted by Crippen LogP contribution is -1.92. The maximum Gasteiger partial charge on any atom is 0.214 e. The molecule has 5 heteroatoms. The third kappa shape index (κ3) is 1.48. The highest BCUT2D eigenvalue weighted by Gasteiger charge is 1.99. The Kier molecular flexibility index (Phi) is 1.70. The molecule has 0 radical (unpaired) electrons. The molecule has 13 heavy (non-hydrogen) atoms. The van der Waals surface area contributed by atoms with Gasteiger partial charge in [-0.1, -0.05) is 0 Å². The first-order valence-electron chi connectivity index (χ1n) is 3.67. The van der Waals surface area contributed by atoms with Crippen LogP contribution in [0, 0.1) is 5.95 Å². The molecule has 4 nitrogen and oxygen atoms in total. The number of nitrogens with two attached hydrogens (primary N) is 1. The average molecular weight is 178 g/mol. The van der Waals surface area contributed by atoms with Gasteiger partial charge in [0.1, 0.15) is 12.1 Å². The van der Waals surface area contributed by atoms with Gasteiger partial charge in [0.2, 0.25) is 5.95 Å². The van der Waals surface area contributed by atoms with Crippen molar-refractivity contribution in [3.63, 3.8) is 0 Å². The monoisotopic (exact) mass is 178 g/mol. The van der Waals surface area contributed by atoms with Gasteiger partial charge in [-0.2, -0.15) is 4.39 Å². The van der Waals surface area contributed by atoms with E-state index in [9.17, 15) is 4.39 Å². The second-order valence-corrected chi connectivity index (χ2v) is 2.54. The Morgan fingerprint density at radius 2 is 2.23 bits per heavy atom. The molecular weight excluding hydrogens is 171 g/mol. The zero-order chi connectivity index (χ0) is 9.26. The molecule has 0 fully saturated rings. The smallest absolute Gasteiger partial charge is 0.214 e. The van der Waals surface area contributed by atoms with Gasteiger partial charge in [-0.25, -0.2) is 9.97 Å². The minimum atomic E-state index is -0.523. The summed E-state index contributed by atoms with van der Waals surface area (Å²) in [5, 5.41) is 0. The number of aromatic nitrogens is 3. The molecule has 0 amide bonds. The van der Waals surface area contributed by atoms with E-state index in [0.717, 1.165) is 0 Å². The zero-order valence-corrected chi connectivity index (χ0v) is 6.68. The molecule has 2 aromatic rings. The summed E-state index contributed by atoms with van der Waals surface area (Å²) in [6, 6.07) is 2.98. The lowest BCUT2D eigenvalue weighted by molar-refractivity contribution is 0.582. The fourth-order valence-corrected chi connectivity index (χ4v) is 1.03. The molecule has 0 aliphatic rings. The van der Waals surface area contributed by atoms with E-state index in [4.69, 9.17) is 5.73 Å². The second-order valence-electron chi connectivity index (χ2n) is 2.54. The number of pyridine rings is 1. The van der Waals surface area contributed by atoms with Crippen LogP contribution in [0.4, 0.5) is 10.2 Å². The van der Waals surface area contributed by atoms with Crippen molar-refractivity contribution in [2.45, 2.75) is 0 Å². The Labute approximate surface area is 73.9 Å². The lowest BCUT2D eigenvalue weighted by atomic mass is 10.4. The Balaban J connectivity index is 2.46. The maximum atomic E-state index is 12.7. The minimum absolute atomic E-state index is 0.400. The van der Waals surface area contributed by atoms with Crippen LogP contribution in [-0.2, 0) is 0 Å². The van der Waals surface area contributed by atoms with E-state index < -0.39 is 5.95 Å². The van der Waals surface area contributed by atoms with Gasteiger partial charge in [0.05, 0.1) is 11.9 Å². The van der Waals surface area contributed by atoms with Gasteiger partial charge in [0.25, 0.3) is 0 Å². The molecule has 2 heterocycles. The number of nitrogen functional groups attached to an aromatic ring is 1. The second kappa shape index (κ2) is 2.85. The van der Waals surface area contributed by atoms with Crippen molar-refractivity contribution in [2.75, 3.05) is 5.73 Å². The van der Waals surface area contributed by atoms with Crippen molar-refractivity contribution >= 4 is 5.82 Å². The maximum absolute atomic E-state index is 12.7. The van der Waals surface area contributed by atoms with E-state index >= 15 is 0 Å². The van der Waals surface area contributed by atoms with Crippen molar-refractivity contribution in [3.05, 3.63) is 36.8 Å². The van der Waals surface area contributed by atoms with Gasteiger partial charge < -0.3 is 10.3 Å². The molecule has 0 spiro atoms. The molecule has 0 bridgehead atoms. The third-order valence-corrected chi connectivity index (χ3v) is 1.61. The van der Waals surface area contributed by atoms with Crippen molar-refractivity contribution < 1.29 is 4.39 Å². The molecule has 0 unspecified atom stereocenters. The molecule has 66 valence electrons. The molecule has 0 aliphatic carbocycles. The predicted octanol–water partition coefficient (Wildman–Crippen LogP) is 0.989. The van der Waals surface area contributed by atoms with Crippen LogP contribution in [0.1, 0.15) is 0 Å². The van der Waals surface area contributed by atoms with Gasteiger partial charge in [0, 0.05) is 12.3 Å². The molecule has 0 aliphatic heterocycles. The summed E-state index contributed by atoms with van der Waals surface area (Å²) in [4.78, 5) is 7.26. The number of hydrogen-bond acceptors (Lipinski definition) is 3. The molecule has 0 atom stereocenters. The summed E-state index contributed by atoms with van der Waals surface area (Å²) in [6.07, 6.45) is 4.51. The van der Waals surface area contributed by atoms with Crippen molar-refractivity contribution in [2.24, 2.45) is 0 Å². The first-order valence-corrected chi connectivity index (χ1v) is 3.67. The van der Waals surface area contributed by atoms with Crippen molar-refractivity contribution in [1.82, 2.24) is 14.5 Å². The topological polar surface area (TPSA) is 56.7 Å². The number of imidazole rings is 1. The zero-order valence-electron chi connectivity index (χ0n) is 6.68. The Bertz CT molecular complexity index is 424. The molecule has 0 saturated carbocycles. The molecule has 0 saturated heterocycles. The van der Waals surface area contributed by atoms with Gasteiger partial charge in [-0.05, 0) is 6.07 Å². The number of halogens is 1. The highest BCUT2D eigenvalue weighted by molar-refractivity contribution is 5.34. The lowest BCUT2D eigenvalue weighted by Gasteiger charge is -1.99. The van der Waals surface area contributed by atoms with Crippen LogP contribution >= 0.6 is 0 Å². The molecular formula is C8H7FN4. The molecule has 2 aromatic heterocycles. The van der Waals surface area contributed by atoms with Crippen molar-refractivity contribution in [3.8, 4) is 5.69 Å². The number of nitrogens with zero attached hydrogens (tertiary/aromatic N) is 3. The van der Waals surface area contributed by atoms with Crippen LogP contribution in [0.25, 0.3) is 5.69 Å². The normalized spacial score (nSPS) is 10.2. The molecule has 2 rings (SSSR count). The summed E-state index contributed by atoms with van der Waals surface area (Å²) >= 11 is 0. The first-order chi connectivity index (χ1) is 6.25. The SMILES string of the molecule is Nc1cn(-c2ccnc(F)c2)cn1. The van der Waals surface area contributed by atoms with Crippen LogP contribution in [0.3, 0.4) is 0 Å². The predicted molar refractivity (Wildman–Crippen MR) is 45.7 cm³/mol. The fraction of sp³-hybridized carbons (Fsp3) is 0. The van der Waals surface area contributed by atoms with Crippen LogP contribution < -0.4 is 5.73 Å².